The van der Waals surface area contributed by atoms with Crippen LogP contribution in [-0.2, 0) is 0 Å². The molecule has 0 saturated heterocycles. The third kappa shape index (κ3) is 2.48. The maximum absolute atomic E-state index is 11.2. The molecule has 0 aliphatic carbocycles. The van der Waals surface area contributed by atoms with E-state index in [-0.39, 0.29) is 5.92 Å². The Kier molecular flexibility index (Phi) is 3.58. The van der Waals surface area contributed by atoms with Crippen LogP contribution in [-0.4, -0.2) is 5.91 Å². The van der Waals surface area contributed by atoms with E-state index in [4.69, 9.17) is 5.73 Å². The lowest BCUT2D eigenvalue weighted by atomic mass is 9.90. The fourth-order valence-corrected chi connectivity index (χ4v) is 2.01. The van der Waals surface area contributed by atoms with Crippen LogP contribution < -0.4 is 5.73 Å². The van der Waals surface area contributed by atoms with E-state index >= 15 is 0 Å². The molecule has 2 aromatic rings. The predicted octanol–water partition coefficient (Wildman–Crippen LogP) is 3.10. The molecule has 1 unspecified atom stereocenters. The van der Waals surface area contributed by atoms with E-state index in [1.807, 2.05) is 54.6 Å². The normalized spacial score (nSPS) is 11.8. The minimum Gasteiger partial charge on any atom is -0.366 e. The maximum Gasteiger partial charge on any atom is 0.248 e. The van der Waals surface area contributed by atoms with Gasteiger partial charge in [0.25, 0.3) is 0 Å². The van der Waals surface area contributed by atoms with Crippen molar-refractivity contribution in [2.75, 3.05) is 0 Å². The van der Waals surface area contributed by atoms with Gasteiger partial charge in [0.15, 0.2) is 0 Å². The number of allylic oxidation sites excluding steroid dienone is 1. The molecule has 0 radical (unpaired) electrons. The summed E-state index contributed by atoms with van der Waals surface area (Å²) in [5.74, 6) is -0.335. The number of benzene rings is 2. The zero-order chi connectivity index (χ0) is 13.0. The highest BCUT2D eigenvalue weighted by atomic mass is 16.1. The first-order chi connectivity index (χ1) is 8.72. The summed E-state index contributed by atoms with van der Waals surface area (Å²) < 4.78 is 0. The zero-order valence-electron chi connectivity index (χ0n) is 10.0. The van der Waals surface area contributed by atoms with E-state index in [0.29, 0.717) is 5.56 Å². The molecule has 2 nitrogen and oxygen atoms in total. The molecule has 90 valence electrons. The van der Waals surface area contributed by atoms with Crippen LogP contribution in [0.25, 0.3) is 0 Å². The van der Waals surface area contributed by atoms with E-state index in [1.54, 1.807) is 6.07 Å². The Labute approximate surface area is 107 Å². The predicted molar refractivity (Wildman–Crippen MR) is 73.4 cm³/mol. The SMILES string of the molecule is C=CC(c1ccccc1)c1cccc(C(N)=O)c1. The molecule has 0 aromatic heterocycles. The van der Waals surface area contributed by atoms with Crippen molar-refractivity contribution in [3.63, 3.8) is 0 Å². The largest absolute Gasteiger partial charge is 0.366 e. The second-order valence-electron chi connectivity index (χ2n) is 4.11. The average Bonchev–Trinajstić information content (AvgIpc) is 2.41. The van der Waals surface area contributed by atoms with E-state index in [0.717, 1.165) is 11.1 Å². The third-order valence-electron chi connectivity index (χ3n) is 2.92. The molecule has 1 amide bonds. The fraction of sp³-hybridized carbons (Fsp3) is 0.0625. The highest BCUT2D eigenvalue weighted by Gasteiger charge is 2.11. The Morgan fingerprint density at radius 3 is 2.33 bits per heavy atom. The summed E-state index contributed by atoms with van der Waals surface area (Å²) in [6.07, 6.45) is 1.87. The van der Waals surface area contributed by atoms with Gasteiger partial charge in [-0.3, -0.25) is 4.79 Å². The van der Waals surface area contributed by atoms with Crippen molar-refractivity contribution >= 4 is 5.91 Å². The van der Waals surface area contributed by atoms with Gasteiger partial charge in [0.05, 0.1) is 0 Å². The number of carbonyl (C=O) groups excluding carboxylic acids is 1. The molecule has 0 heterocycles. The van der Waals surface area contributed by atoms with Crippen molar-refractivity contribution in [2.24, 2.45) is 5.73 Å². The molecule has 0 saturated carbocycles. The second kappa shape index (κ2) is 5.32. The van der Waals surface area contributed by atoms with E-state index < -0.39 is 5.91 Å². The Morgan fingerprint density at radius 1 is 1.06 bits per heavy atom. The first-order valence-electron chi connectivity index (χ1n) is 5.79. The second-order valence-corrected chi connectivity index (χ2v) is 4.11. The molecule has 0 spiro atoms. The van der Waals surface area contributed by atoms with Crippen molar-refractivity contribution in [3.8, 4) is 0 Å². The molecule has 2 N–H and O–H groups in total. The molecule has 2 heteroatoms. The Balaban J connectivity index is 2.42. The zero-order valence-corrected chi connectivity index (χ0v) is 10.0. The standard InChI is InChI=1S/C16H15NO/c1-2-15(12-7-4-3-5-8-12)13-9-6-10-14(11-13)16(17)18/h2-11,15H,1H2,(H2,17,18). The molecule has 0 aliphatic heterocycles. The summed E-state index contributed by atoms with van der Waals surface area (Å²) in [6.45, 7) is 3.87. The monoisotopic (exact) mass is 237 g/mol. The number of rotatable bonds is 4. The number of nitrogens with two attached hydrogens (primary N) is 1. The molecular formula is C16H15NO. The van der Waals surface area contributed by atoms with Crippen LogP contribution in [0.3, 0.4) is 0 Å². The Morgan fingerprint density at radius 2 is 1.72 bits per heavy atom. The lowest BCUT2D eigenvalue weighted by Gasteiger charge is -2.14. The molecule has 2 aromatic carbocycles. The molecule has 18 heavy (non-hydrogen) atoms. The summed E-state index contributed by atoms with van der Waals surface area (Å²) in [5, 5.41) is 0. The van der Waals surface area contributed by atoms with Gasteiger partial charge in [0, 0.05) is 11.5 Å². The van der Waals surface area contributed by atoms with Crippen molar-refractivity contribution < 1.29 is 4.79 Å². The Hall–Kier alpha value is -2.35. The number of primary amides is 1. The smallest absolute Gasteiger partial charge is 0.248 e. The van der Waals surface area contributed by atoms with E-state index in [9.17, 15) is 4.79 Å². The van der Waals surface area contributed by atoms with Crippen LogP contribution in [0.2, 0.25) is 0 Å². The quantitative estimate of drug-likeness (QED) is 0.816. The summed E-state index contributed by atoms with van der Waals surface area (Å²) in [7, 11) is 0. The van der Waals surface area contributed by atoms with Gasteiger partial charge in [-0.2, -0.15) is 0 Å². The summed E-state index contributed by atoms with van der Waals surface area (Å²) in [5.41, 5.74) is 7.99. The topological polar surface area (TPSA) is 43.1 Å². The van der Waals surface area contributed by atoms with Crippen molar-refractivity contribution in [2.45, 2.75) is 5.92 Å². The van der Waals surface area contributed by atoms with E-state index in [1.165, 1.54) is 0 Å². The van der Waals surface area contributed by atoms with Crippen LogP contribution >= 0.6 is 0 Å². The van der Waals surface area contributed by atoms with Crippen LogP contribution in [0.1, 0.15) is 27.4 Å². The maximum atomic E-state index is 11.2. The highest BCUT2D eigenvalue weighted by molar-refractivity contribution is 5.92. The first-order valence-corrected chi connectivity index (χ1v) is 5.79. The van der Waals surface area contributed by atoms with Crippen LogP contribution in [0.4, 0.5) is 0 Å². The Bertz CT molecular complexity index is 560. The summed E-state index contributed by atoms with van der Waals surface area (Å²) in [4.78, 5) is 11.2. The van der Waals surface area contributed by atoms with Gasteiger partial charge in [-0.25, -0.2) is 0 Å². The number of carbonyl (C=O) groups is 1. The van der Waals surface area contributed by atoms with Crippen molar-refractivity contribution in [1.29, 1.82) is 0 Å². The van der Waals surface area contributed by atoms with Crippen LogP contribution in [0, 0.1) is 0 Å². The first kappa shape index (κ1) is 12.1. The highest BCUT2D eigenvalue weighted by Crippen LogP contribution is 2.25. The minimum absolute atomic E-state index is 0.0745. The third-order valence-corrected chi connectivity index (χ3v) is 2.92. The van der Waals surface area contributed by atoms with Gasteiger partial charge < -0.3 is 5.73 Å². The van der Waals surface area contributed by atoms with Gasteiger partial charge in [-0.15, -0.1) is 6.58 Å². The van der Waals surface area contributed by atoms with Crippen molar-refractivity contribution in [1.82, 2.24) is 0 Å². The van der Waals surface area contributed by atoms with Gasteiger partial charge in [0.2, 0.25) is 5.91 Å². The van der Waals surface area contributed by atoms with Crippen LogP contribution in [0.5, 0.6) is 0 Å². The molecule has 1 atom stereocenters. The van der Waals surface area contributed by atoms with Crippen LogP contribution in [0.15, 0.2) is 67.3 Å². The van der Waals surface area contributed by atoms with Gasteiger partial charge >= 0.3 is 0 Å². The summed E-state index contributed by atoms with van der Waals surface area (Å²) >= 11 is 0. The number of hydrogen-bond acceptors (Lipinski definition) is 1. The molecular weight excluding hydrogens is 222 g/mol. The molecule has 2 rings (SSSR count). The number of amides is 1. The minimum atomic E-state index is -0.410. The van der Waals surface area contributed by atoms with E-state index in [2.05, 4.69) is 6.58 Å². The fourth-order valence-electron chi connectivity index (χ4n) is 2.01. The lowest BCUT2D eigenvalue weighted by Crippen LogP contribution is -2.11. The summed E-state index contributed by atoms with van der Waals surface area (Å²) in [6, 6.07) is 17.4. The average molecular weight is 237 g/mol. The molecule has 0 bridgehead atoms. The lowest BCUT2D eigenvalue weighted by molar-refractivity contribution is 0.1000. The van der Waals surface area contributed by atoms with Crippen molar-refractivity contribution in [3.05, 3.63) is 83.9 Å². The van der Waals surface area contributed by atoms with Gasteiger partial charge in [-0.1, -0.05) is 48.5 Å². The van der Waals surface area contributed by atoms with Gasteiger partial charge in [0.1, 0.15) is 0 Å². The molecule has 0 aliphatic rings. The molecule has 0 fully saturated rings. The van der Waals surface area contributed by atoms with Gasteiger partial charge in [-0.05, 0) is 23.3 Å². The number of hydrogen-bond donors (Lipinski definition) is 1.